The maximum Gasteiger partial charge on any atom is 0.239 e. The predicted octanol–water partition coefficient (Wildman–Crippen LogP) is 4.53. The van der Waals surface area contributed by atoms with Crippen molar-refractivity contribution in [2.24, 2.45) is 0 Å². The Hall–Kier alpha value is -3.53. The van der Waals surface area contributed by atoms with E-state index in [1.54, 1.807) is 0 Å². The number of nitrogens with one attached hydrogen (secondary N) is 3. The van der Waals surface area contributed by atoms with Crippen LogP contribution in [0.25, 0.3) is 10.9 Å². The third-order valence-corrected chi connectivity index (χ3v) is 4.93. The molecule has 4 aromatic rings. The first kappa shape index (κ1) is 17.9. The van der Waals surface area contributed by atoms with Crippen LogP contribution in [0.1, 0.15) is 17.0 Å². The Labute approximate surface area is 164 Å². The van der Waals surface area contributed by atoms with Crippen LogP contribution < -0.4 is 10.6 Å². The first-order valence-electron chi connectivity index (χ1n) is 9.48. The maximum absolute atomic E-state index is 12.4. The lowest BCUT2D eigenvalue weighted by atomic mass is 9.91. The summed E-state index contributed by atoms with van der Waals surface area (Å²) in [5.74, 6) is 0.0580. The van der Waals surface area contributed by atoms with E-state index in [2.05, 4.69) is 46.1 Å². The van der Waals surface area contributed by atoms with Crippen molar-refractivity contribution in [2.45, 2.75) is 5.92 Å². The molecule has 4 nitrogen and oxygen atoms in total. The Balaban J connectivity index is 1.49. The van der Waals surface area contributed by atoms with E-state index in [-0.39, 0.29) is 18.4 Å². The fraction of sp³-hybridized carbons (Fsp3) is 0.125. The summed E-state index contributed by atoms with van der Waals surface area (Å²) in [6.07, 6.45) is 2.05. The molecule has 1 heterocycles. The second-order valence-corrected chi connectivity index (χ2v) is 6.78. The smallest absolute Gasteiger partial charge is 0.239 e. The monoisotopic (exact) mass is 369 g/mol. The summed E-state index contributed by atoms with van der Waals surface area (Å²) in [6.45, 7) is 0.792. The van der Waals surface area contributed by atoms with Gasteiger partial charge in [0.25, 0.3) is 0 Å². The zero-order valence-electron chi connectivity index (χ0n) is 15.6. The van der Waals surface area contributed by atoms with Crippen molar-refractivity contribution in [3.05, 3.63) is 102 Å². The summed E-state index contributed by atoms with van der Waals surface area (Å²) in [5.41, 5.74) is 4.42. The van der Waals surface area contributed by atoms with Crippen molar-refractivity contribution in [3.63, 3.8) is 0 Å². The molecule has 0 aliphatic carbocycles. The molecule has 1 aromatic heterocycles. The van der Waals surface area contributed by atoms with E-state index in [0.29, 0.717) is 6.54 Å². The molecular weight excluding hydrogens is 346 g/mol. The van der Waals surface area contributed by atoms with Crippen LogP contribution in [0.5, 0.6) is 0 Å². The van der Waals surface area contributed by atoms with E-state index >= 15 is 0 Å². The molecule has 140 valence electrons. The van der Waals surface area contributed by atoms with Crippen molar-refractivity contribution in [3.8, 4) is 0 Å². The summed E-state index contributed by atoms with van der Waals surface area (Å²) in [4.78, 5) is 15.8. The first-order chi connectivity index (χ1) is 13.8. The number of anilines is 1. The summed E-state index contributed by atoms with van der Waals surface area (Å²) in [7, 11) is 0. The number of H-pyrrole nitrogens is 1. The van der Waals surface area contributed by atoms with Gasteiger partial charge in [0.1, 0.15) is 0 Å². The van der Waals surface area contributed by atoms with Gasteiger partial charge in [-0.3, -0.25) is 4.79 Å². The number of carbonyl (C=O) groups excluding carboxylic acids is 1. The van der Waals surface area contributed by atoms with Gasteiger partial charge in [-0.25, -0.2) is 0 Å². The average Bonchev–Trinajstić information content (AvgIpc) is 3.18. The van der Waals surface area contributed by atoms with Crippen LogP contribution in [0, 0.1) is 0 Å². The number of aromatic amines is 1. The van der Waals surface area contributed by atoms with Gasteiger partial charge in [-0.05, 0) is 29.3 Å². The Morgan fingerprint density at radius 2 is 1.54 bits per heavy atom. The van der Waals surface area contributed by atoms with Gasteiger partial charge >= 0.3 is 0 Å². The van der Waals surface area contributed by atoms with Crippen LogP contribution in [0.3, 0.4) is 0 Å². The number of hydrogen-bond acceptors (Lipinski definition) is 2. The zero-order chi connectivity index (χ0) is 19.2. The molecule has 0 saturated carbocycles. The second-order valence-electron chi connectivity index (χ2n) is 6.78. The first-order valence-corrected chi connectivity index (χ1v) is 9.48. The highest BCUT2D eigenvalue weighted by Gasteiger charge is 2.18. The van der Waals surface area contributed by atoms with Crippen molar-refractivity contribution >= 4 is 22.5 Å². The number of para-hydroxylation sites is 2. The molecule has 4 rings (SSSR count). The number of rotatable bonds is 7. The maximum atomic E-state index is 12.4. The van der Waals surface area contributed by atoms with Gasteiger partial charge in [0.05, 0.1) is 6.54 Å². The van der Waals surface area contributed by atoms with Gasteiger partial charge in [0, 0.05) is 35.2 Å². The number of fused-ring (bicyclic) bond motifs is 1. The number of aromatic nitrogens is 1. The molecule has 0 saturated heterocycles. The molecule has 4 heteroatoms. The molecule has 0 spiro atoms. The van der Waals surface area contributed by atoms with Crippen LogP contribution in [0.4, 0.5) is 5.69 Å². The molecule has 28 heavy (non-hydrogen) atoms. The lowest BCUT2D eigenvalue weighted by molar-refractivity contribution is -0.119. The Bertz CT molecular complexity index is 1040. The molecule has 0 fully saturated rings. The summed E-state index contributed by atoms with van der Waals surface area (Å²) < 4.78 is 0. The van der Waals surface area contributed by atoms with E-state index in [1.807, 2.05) is 60.7 Å². The minimum absolute atomic E-state index is 0.0235. The van der Waals surface area contributed by atoms with Gasteiger partial charge in [-0.1, -0.05) is 66.7 Å². The number of hydrogen-bond donors (Lipinski definition) is 3. The number of amides is 1. The third-order valence-electron chi connectivity index (χ3n) is 4.93. The van der Waals surface area contributed by atoms with Gasteiger partial charge in [0.2, 0.25) is 5.91 Å². The van der Waals surface area contributed by atoms with Crippen LogP contribution in [-0.2, 0) is 4.79 Å². The van der Waals surface area contributed by atoms with E-state index in [1.165, 1.54) is 16.5 Å². The number of carbonyl (C=O) groups is 1. The largest absolute Gasteiger partial charge is 0.376 e. The molecule has 1 unspecified atom stereocenters. The number of benzene rings is 3. The van der Waals surface area contributed by atoms with Crippen LogP contribution in [0.15, 0.2) is 91.1 Å². The van der Waals surface area contributed by atoms with Gasteiger partial charge in [0.15, 0.2) is 0 Å². The van der Waals surface area contributed by atoms with Crippen molar-refractivity contribution in [1.29, 1.82) is 0 Å². The van der Waals surface area contributed by atoms with E-state index in [9.17, 15) is 4.79 Å². The van der Waals surface area contributed by atoms with E-state index in [4.69, 9.17) is 0 Å². The molecule has 0 aliphatic rings. The minimum atomic E-state index is -0.0235. The molecule has 1 atom stereocenters. The fourth-order valence-electron chi connectivity index (χ4n) is 3.49. The van der Waals surface area contributed by atoms with E-state index in [0.717, 1.165) is 11.2 Å². The molecule has 0 radical (unpaired) electrons. The SMILES string of the molecule is O=C(CNc1ccccc1)NCC(c1ccccc1)c1c[nH]c2ccccc12. The van der Waals surface area contributed by atoms with Gasteiger partial charge < -0.3 is 15.6 Å². The predicted molar refractivity (Wildman–Crippen MR) is 115 cm³/mol. The van der Waals surface area contributed by atoms with Crippen LogP contribution >= 0.6 is 0 Å². The highest BCUT2D eigenvalue weighted by Crippen LogP contribution is 2.30. The van der Waals surface area contributed by atoms with Crippen LogP contribution in [0.2, 0.25) is 0 Å². The molecule has 0 aliphatic heterocycles. The van der Waals surface area contributed by atoms with Crippen molar-refractivity contribution in [2.75, 3.05) is 18.4 Å². The highest BCUT2D eigenvalue weighted by atomic mass is 16.1. The zero-order valence-corrected chi connectivity index (χ0v) is 15.6. The standard InChI is InChI=1S/C24H23N3O/c28-24(17-25-19-11-5-2-6-12-19)27-15-21(18-9-3-1-4-10-18)22-16-26-23-14-8-7-13-20(22)23/h1-14,16,21,25-26H,15,17H2,(H,27,28). The summed E-state index contributed by atoms with van der Waals surface area (Å²) in [5, 5.41) is 7.43. The molecule has 3 aromatic carbocycles. The summed E-state index contributed by atoms with van der Waals surface area (Å²) in [6, 6.07) is 28.3. The average molecular weight is 369 g/mol. The normalized spacial score (nSPS) is 11.9. The molecule has 0 bridgehead atoms. The summed E-state index contributed by atoms with van der Waals surface area (Å²) >= 11 is 0. The second kappa shape index (κ2) is 8.44. The quantitative estimate of drug-likeness (QED) is 0.448. The topological polar surface area (TPSA) is 56.9 Å². The lowest BCUT2D eigenvalue weighted by Crippen LogP contribution is -2.33. The Morgan fingerprint density at radius 3 is 2.32 bits per heavy atom. The Morgan fingerprint density at radius 1 is 0.857 bits per heavy atom. The lowest BCUT2D eigenvalue weighted by Gasteiger charge is -2.18. The third kappa shape index (κ3) is 4.07. The van der Waals surface area contributed by atoms with Gasteiger partial charge in [-0.15, -0.1) is 0 Å². The van der Waals surface area contributed by atoms with Crippen molar-refractivity contribution in [1.82, 2.24) is 10.3 Å². The molecule has 1 amide bonds. The van der Waals surface area contributed by atoms with Crippen LogP contribution in [-0.4, -0.2) is 24.0 Å². The fourth-order valence-corrected chi connectivity index (χ4v) is 3.49. The van der Waals surface area contributed by atoms with Crippen molar-refractivity contribution < 1.29 is 4.79 Å². The highest BCUT2D eigenvalue weighted by molar-refractivity contribution is 5.85. The molecule has 3 N–H and O–H groups in total. The minimum Gasteiger partial charge on any atom is -0.376 e. The Kier molecular flexibility index (Phi) is 5.38. The molecular formula is C24H23N3O. The van der Waals surface area contributed by atoms with E-state index < -0.39 is 0 Å². The van der Waals surface area contributed by atoms with Gasteiger partial charge in [-0.2, -0.15) is 0 Å².